The molecule has 1 aliphatic rings. The molecular formula is C16H24N2O4. The maximum atomic E-state index is 11.7. The first-order chi connectivity index (χ1) is 10.7. The van der Waals surface area contributed by atoms with Crippen LogP contribution in [-0.2, 0) is 16.1 Å². The summed E-state index contributed by atoms with van der Waals surface area (Å²) in [5.41, 5.74) is 1.03. The summed E-state index contributed by atoms with van der Waals surface area (Å²) < 4.78 is 15.9. The molecule has 0 spiro atoms. The van der Waals surface area contributed by atoms with Gasteiger partial charge in [-0.1, -0.05) is 6.07 Å². The first kappa shape index (κ1) is 16.6. The number of benzene rings is 1. The summed E-state index contributed by atoms with van der Waals surface area (Å²) in [6, 6.07) is 5.70. The van der Waals surface area contributed by atoms with E-state index in [-0.39, 0.29) is 18.6 Å². The second kappa shape index (κ2) is 8.60. The van der Waals surface area contributed by atoms with Crippen molar-refractivity contribution in [1.82, 2.24) is 10.6 Å². The minimum Gasteiger partial charge on any atom is -0.493 e. The molecule has 122 valence electrons. The maximum Gasteiger partial charge on any atom is 0.234 e. The quantitative estimate of drug-likeness (QED) is 0.752. The van der Waals surface area contributed by atoms with E-state index < -0.39 is 0 Å². The summed E-state index contributed by atoms with van der Waals surface area (Å²) >= 11 is 0. The second-order valence-corrected chi connectivity index (χ2v) is 5.23. The van der Waals surface area contributed by atoms with Crippen molar-refractivity contribution in [3.63, 3.8) is 0 Å². The van der Waals surface area contributed by atoms with Gasteiger partial charge in [-0.25, -0.2) is 0 Å². The van der Waals surface area contributed by atoms with E-state index in [0.717, 1.165) is 25.0 Å². The molecule has 1 aromatic rings. The van der Waals surface area contributed by atoms with Crippen molar-refractivity contribution in [2.75, 3.05) is 33.9 Å². The summed E-state index contributed by atoms with van der Waals surface area (Å²) in [5.74, 6) is 1.36. The van der Waals surface area contributed by atoms with Crippen LogP contribution >= 0.6 is 0 Å². The maximum absolute atomic E-state index is 11.7. The molecular weight excluding hydrogens is 284 g/mol. The Hall–Kier alpha value is -1.79. The minimum atomic E-state index is -0.0176. The van der Waals surface area contributed by atoms with Crippen LogP contribution in [0.25, 0.3) is 0 Å². The molecule has 1 saturated heterocycles. The molecule has 2 N–H and O–H groups in total. The fraction of sp³-hybridized carbons (Fsp3) is 0.562. The molecule has 1 unspecified atom stereocenters. The highest BCUT2D eigenvalue weighted by molar-refractivity contribution is 5.78. The van der Waals surface area contributed by atoms with Crippen LogP contribution in [0.1, 0.15) is 18.4 Å². The third kappa shape index (κ3) is 4.89. The number of nitrogens with one attached hydrogen (secondary N) is 2. The molecule has 1 atom stereocenters. The van der Waals surface area contributed by atoms with Gasteiger partial charge in [-0.3, -0.25) is 4.79 Å². The number of carbonyl (C=O) groups excluding carboxylic acids is 1. The van der Waals surface area contributed by atoms with E-state index in [1.54, 1.807) is 14.2 Å². The second-order valence-electron chi connectivity index (χ2n) is 5.23. The van der Waals surface area contributed by atoms with Crippen molar-refractivity contribution in [2.45, 2.75) is 25.5 Å². The lowest BCUT2D eigenvalue weighted by atomic mass is 10.2. The van der Waals surface area contributed by atoms with Crippen LogP contribution < -0.4 is 20.1 Å². The summed E-state index contributed by atoms with van der Waals surface area (Å²) in [6.07, 6.45) is 2.28. The molecule has 22 heavy (non-hydrogen) atoms. The highest BCUT2D eigenvalue weighted by atomic mass is 16.5. The summed E-state index contributed by atoms with van der Waals surface area (Å²) in [4.78, 5) is 11.7. The first-order valence-corrected chi connectivity index (χ1v) is 7.53. The van der Waals surface area contributed by atoms with Crippen LogP contribution in [0.15, 0.2) is 18.2 Å². The molecule has 0 aromatic heterocycles. The number of carbonyl (C=O) groups is 1. The van der Waals surface area contributed by atoms with Gasteiger partial charge in [-0.15, -0.1) is 0 Å². The summed E-state index contributed by atoms with van der Waals surface area (Å²) in [7, 11) is 3.21. The van der Waals surface area contributed by atoms with Crippen molar-refractivity contribution in [3.05, 3.63) is 23.8 Å². The Labute approximate surface area is 131 Å². The fourth-order valence-corrected chi connectivity index (χ4v) is 2.41. The van der Waals surface area contributed by atoms with E-state index in [1.807, 2.05) is 18.2 Å². The van der Waals surface area contributed by atoms with Crippen molar-refractivity contribution >= 4 is 5.91 Å². The van der Waals surface area contributed by atoms with Gasteiger partial charge in [0, 0.05) is 19.7 Å². The molecule has 6 nitrogen and oxygen atoms in total. The van der Waals surface area contributed by atoms with Crippen LogP contribution in [-0.4, -0.2) is 45.9 Å². The van der Waals surface area contributed by atoms with E-state index in [2.05, 4.69) is 10.6 Å². The van der Waals surface area contributed by atoms with Gasteiger partial charge >= 0.3 is 0 Å². The van der Waals surface area contributed by atoms with E-state index >= 15 is 0 Å². The molecule has 1 fully saturated rings. The van der Waals surface area contributed by atoms with Crippen molar-refractivity contribution < 1.29 is 19.0 Å². The van der Waals surface area contributed by atoms with Crippen molar-refractivity contribution in [3.8, 4) is 11.5 Å². The van der Waals surface area contributed by atoms with E-state index in [9.17, 15) is 4.79 Å². The largest absolute Gasteiger partial charge is 0.493 e. The van der Waals surface area contributed by atoms with Gasteiger partial charge in [0.25, 0.3) is 0 Å². The van der Waals surface area contributed by atoms with Crippen LogP contribution in [0.4, 0.5) is 0 Å². The average molecular weight is 308 g/mol. The molecule has 2 rings (SSSR count). The standard InChI is InChI=1S/C16H24N2O4/c1-20-14-6-5-12(8-15(14)21-2)9-17-11-16(19)18-10-13-4-3-7-22-13/h5-6,8,13,17H,3-4,7,9-11H2,1-2H3,(H,18,19). The monoisotopic (exact) mass is 308 g/mol. The zero-order chi connectivity index (χ0) is 15.8. The van der Waals surface area contributed by atoms with Crippen molar-refractivity contribution in [1.29, 1.82) is 0 Å². The predicted octanol–water partition coefficient (Wildman–Crippen LogP) is 1.09. The number of amides is 1. The van der Waals surface area contributed by atoms with Crippen LogP contribution in [0, 0.1) is 0 Å². The smallest absolute Gasteiger partial charge is 0.234 e. The zero-order valence-corrected chi connectivity index (χ0v) is 13.2. The Morgan fingerprint density at radius 3 is 2.82 bits per heavy atom. The first-order valence-electron chi connectivity index (χ1n) is 7.53. The Balaban J connectivity index is 1.70. The fourth-order valence-electron chi connectivity index (χ4n) is 2.41. The lowest BCUT2D eigenvalue weighted by Gasteiger charge is -2.12. The molecule has 6 heteroatoms. The normalized spacial score (nSPS) is 17.3. The molecule has 1 amide bonds. The number of methoxy groups -OCH3 is 2. The predicted molar refractivity (Wildman–Crippen MR) is 83.2 cm³/mol. The van der Waals surface area contributed by atoms with Gasteiger partial charge in [0.1, 0.15) is 0 Å². The Kier molecular flexibility index (Phi) is 6.48. The molecule has 0 saturated carbocycles. The van der Waals surface area contributed by atoms with E-state index in [1.165, 1.54) is 0 Å². The number of hydrogen-bond acceptors (Lipinski definition) is 5. The summed E-state index contributed by atoms with van der Waals surface area (Å²) in [5, 5.41) is 6.00. The Bertz CT molecular complexity index is 487. The number of ether oxygens (including phenoxy) is 3. The molecule has 0 aliphatic carbocycles. The Morgan fingerprint density at radius 1 is 1.32 bits per heavy atom. The van der Waals surface area contributed by atoms with Crippen molar-refractivity contribution in [2.24, 2.45) is 0 Å². The molecule has 1 heterocycles. The zero-order valence-electron chi connectivity index (χ0n) is 13.2. The molecule has 1 aromatic carbocycles. The number of rotatable bonds is 8. The SMILES string of the molecule is COc1ccc(CNCC(=O)NCC2CCCO2)cc1OC. The molecule has 0 bridgehead atoms. The third-order valence-corrected chi connectivity index (χ3v) is 3.61. The van der Waals surface area contributed by atoms with Crippen LogP contribution in [0.5, 0.6) is 11.5 Å². The third-order valence-electron chi connectivity index (χ3n) is 3.61. The van der Waals surface area contributed by atoms with Crippen LogP contribution in [0.3, 0.4) is 0 Å². The lowest BCUT2D eigenvalue weighted by Crippen LogP contribution is -2.37. The summed E-state index contributed by atoms with van der Waals surface area (Å²) in [6.45, 7) is 2.27. The Morgan fingerprint density at radius 2 is 2.14 bits per heavy atom. The van der Waals surface area contributed by atoms with Gasteiger partial charge < -0.3 is 24.8 Å². The highest BCUT2D eigenvalue weighted by Gasteiger charge is 2.15. The van der Waals surface area contributed by atoms with Gasteiger partial charge in [0.05, 0.1) is 26.9 Å². The average Bonchev–Trinajstić information content (AvgIpc) is 3.06. The topological polar surface area (TPSA) is 68.8 Å². The van der Waals surface area contributed by atoms with Gasteiger partial charge in [-0.2, -0.15) is 0 Å². The van der Waals surface area contributed by atoms with Gasteiger partial charge in [-0.05, 0) is 30.5 Å². The van der Waals surface area contributed by atoms with Gasteiger partial charge in [0.15, 0.2) is 11.5 Å². The van der Waals surface area contributed by atoms with E-state index in [0.29, 0.717) is 24.6 Å². The molecule has 0 radical (unpaired) electrons. The minimum absolute atomic E-state index is 0.0176. The van der Waals surface area contributed by atoms with Gasteiger partial charge in [0.2, 0.25) is 5.91 Å². The molecule has 1 aliphatic heterocycles. The lowest BCUT2D eigenvalue weighted by molar-refractivity contribution is -0.120. The highest BCUT2D eigenvalue weighted by Crippen LogP contribution is 2.27. The number of hydrogen-bond donors (Lipinski definition) is 2. The van der Waals surface area contributed by atoms with E-state index in [4.69, 9.17) is 14.2 Å². The van der Waals surface area contributed by atoms with Crippen LogP contribution in [0.2, 0.25) is 0 Å².